The van der Waals surface area contributed by atoms with Crippen LogP contribution in [0.15, 0.2) is 0 Å². The van der Waals surface area contributed by atoms with Gasteiger partial charge >= 0.3 is 98.9 Å². The van der Waals surface area contributed by atoms with Crippen molar-refractivity contribution in [3.63, 3.8) is 0 Å². The van der Waals surface area contributed by atoms with Crippen molar-refractivity contribution in [3.05, 3.63) is 0 Å². The minimum absolute atomic E-state index is 0. The fraction of sp³-hybridized carbons (Fsp3) is 0. The van der Waals surface area contributed by atoms with E-state index >= 15 is 0 Å². The van der Waals surface area contributed by atoms with Gasteiger partial charge in [0.05, 0.1) is 0 Å². The molecule has 0 aliphatic heterocycles. The molecule has 0 N–H and O–H groups in total. The minimum Gasteiger partial charge on any atom is 1.00 e. The molecule has 0 saturated carbocycles. The Kier molecular flexibility index (Phi) is 33.0. The maximum Gasteiger partial charge on any atom is 1.00 e. The van der Waals surface area contributed by atoms with Crippen LogP contribution in [0.1, 0.15) is 0 Å². The van der Waals surface area contributed by atoms with Crippen molar-refractivity contribution in [1.29, 1.82) is 0 Å². The normalized spacial score (nSPS) is 4.50. The molecular weight excluding hydrogens is 321 g/mol. The van der Waals surface area contributed by atoms with Crippen LogP contribution >= 0.6 is 16.9 Å². The third kappa shape index (κ3) is 24.1. The van der Waals surface area contributed by atoms with E-state index in [1.807, 2.05) is 0 Å². The summed E-state index contributed by atoms with van der Waals surface area (Å²) in [6.07, 6.45) is 0. The van der Waals surface area contributed by atoms with E-state index < -0.39 is 30.7 Å². The van der Waals surface area contributed by atoms with Crippen molar-refractivity contribution in [3.8, 4) is 0 Å². The summed E-state index contributed by atoms with van der Waals surface area (Å²) in [7, 11) is 0. The van der Waals surface area contributed by atoms with Gasteiger partial charge in [0.1, 0.15) is 0 Å². The molecule has 0 aliphatic carbocycles. The second-order valence-electron chi connectivity index (χ2n) is 0.214. The van der Waals surface area contributed by atoms with Gasteiger partial charge in [0.25, 0.3) is 0 Å². The van der Waals surface area contributed by atoms with E-state index in [1.165, 1.54) is 0 Å². The van der Waals surface area contributed by atoms with Crippen molar-refractivity contribution in [2.75, 3.05) is 0 Å². The zero-order chi connectivity index (χ0) is 3.58. The van der Waals surface area contributed by atoms with Gasteiger partial charge < -0.3 is 12.4 Å². The van der Waals surface area contributed by atoms with Crippen molar-refractivity contribution in [2.45, 2.75) is 0 Å². The topological polar surface area (TPSA) is 0 Å². The van der Waals surface area contributed by atoms with Gasteiger partial charge in [-0.15, -0.1) is 0 Å². The van der Waals surface area contributed by atoms with E-state index in [4.69, 9.17) is 16.9 Å². The molecule has 0 amide bonds. The van der Waals surface area contributed by atoms with Crippen LogP contribution < -0.4 is 63.8 Å². The average Bonchev–Trinajstić information content (AvgIpc) is 0.811. The molecule has 0 radical (unpaired) electrons. The molecule has 0 spiro atoms. The Morgan fingerprint density at radius 3 is 1.00 bits per heavy atom. The molecule has 6 heteroatoms. The number of hydrogen-bond acceptors (Lipinski definition) is 0. The number of halogens is 4. The largest absolute Gasteiger partial charge is 1.00 e. The maximum atomic E-state index is 5.02. The summed E-state index contributed by atoms with van der Waals surface area (Å²) in [5.74, 6) is 0. The maximum absolute atomic E-state index is 5.02. The summed E-state index contributed by atoms with van der Waals surface area (Å²) in [6.45, 7) is 0. The standard InChI is InChI=1S/Ce.4ClH.K/h;4*1H;/q+3;;;;;+1/p-4. The van der Waals surface area contributed by atoms with Gasteiger partial charge in [-0.25, -0.2) is 0 Å². The fourth-order valence-corrected chi connectivity index (χ4v) is 0. The molecule has 0 saturated heterocycles. The first-order valence-corrected chi connectivity index (χ1v) is 12.4. The van der Waals surface area contributed by atoms with Crippen LogP contribution in [-0.2, 0) is 0 Å². The van der Waals surface area contributed by atoms with Crippen LogP contribution in [0.5, 0.6) is 0 Å². The monoisotopic (exact) mass is 319 g/mol. The predicted molar refractivity (Wildman–Crippen MR) is 17.6 cm³/mol. The van der Waals surface area contributed by atoms with Crippen LogP contribution in [0, 0.1) is 30.7 Å². The summed E-state index contributed by atoms with van der Waals surface area (Å²) in [6, 6.07) is 0. The molecule has 0 atom stereocenters. The zero-order valence-corrected chi connectivity index (χ0v) is 12.3. The second kappa shape index (κ2) is 11.9. The third-order valence-electron chi connectivity index (χ3n) is 0. The first kappa shape index (κ1) is 16.6. The van der Waals surface area contributed by atoms with E-state index in [2.05, 4.69) is 0 Å². The van der Waals surface area contributed by atoms with E-state index in [-0.39, 0.29) is 63.8 Å². The van der Waals surface area contributed by atoms with Crippen molar-refractivity contribution in [1.82, 2.24) is 0 Å². The zero-order valence-electron chi connectivity index (χ0n) is 3.01. The Hall–Kier alpha value is 4.17. The summed E-state index contributed by atoms with van der Waals surface area (Å²) >= 11 is -2.24. The molecule has 0 aromatic rings. The quantitative estimate of drug-likeness (QED) is 0.400. The van der Waals surface area contributed by atoms with E-state index in [9.17, 15) is 0 Å². The van der Waals surface area contributed by atoms with Gasteiger partial charge in [-0.2, -0.15) is 0 Å². The summed E-state index contributed by atoms with van der Waals surface area (Å²) in [5, 5.41) is 0. The van der Waals surface area contributed by atoms with Gasteiger partial charge in [0.15, 0.2) is 0 Å². The third-order valence-corrected chi connectivity index (χ3v) is 0. The predicted octanol–water partition coefficient (Wildman–Crippen LogP) is -3.92. The summed E-state index contributed by atoms with van der Waals surface area (Å²) < 4.78 is 0. The molecule has 0 bridgehead atoms. The Morgan fingerprint density at radius 1 is 1.00 bits per heavy atom. The van der Waals surface area contributed by atoms with Gasteiger partial charge in [0.2, 0.25) is 0 Å². The van der Waals surface area contributed by atoms with Gasteiger partial charge in [-0.3, -0.25) is 0 Å². The van der Waals surface area contributed by atoms with Crippen LogP contribution in [0.3, 0.4) is 0 Å². The van der Waals surface area contributed by atoms with Crippen molar-refractivity contribution >= 4 is 16.9 Å². The molecule has 0 heterocycles. The average molecular weight is 321 g/mol. The Balaban J connectivity index is -0.0000000450. The molecule has 0 aromatic carbocycles. The molecular formula is CeCl4K. The van der Waals surface area contributed by atoms with E-state index in [1.54, 1.807) is 0 Å². The molecule has 0 nitrogen and oxygen atoms in total. The fourth-order valence-electron chi connectivity index (χ4n) is 0. The smallest absolute Gasteiger partial charge is 1.00 e. The molecule has 0 rings (SSSR count). The number of rotatable bonds is 0. The van der Waals surface area contributed by atoms with Crippen LogP contribution in [0.2, 0.25) is 0 Å². The van der Waals surface area contributed by atoms with E-state index in [0.717, 1.165) is 0 Å². The van der Waals surface area contributed by atoms with Gasteiger partial charge in [-0.05, 0) is 0 Å². The molecule has 6 heavy (non-hydrogen) atoms. The van der Waals surface area contributed by atoms with Gasteiger partial charge in [-0.1, -0.05) is 0 Å². The first-order chi connectivity index (χ1) is 1.73. The van der Waals surface area contributed by atoms with Gasteiger partial charge in [0, 0.05) is 0 Å². The molecule has 33 valence electrons. The molecule has 0 aromatic heterocycles. The Labute approximate surface area is 107 Å². The summed E-state index contributed by atoms with van der Waals surface area (Å²) in [5.41, 5.74) is 15.1. The Bertz CT molecular complexity index is 12.3. The molecule has 0 unspecified atom stereocenters. The molecule has 0 fully saturated rings. The van der Waals surface area contributed by atoms with Crippen molar-refractivity contribution in [2.24, 2.45) is 0 Å². The second-order valence-corrected chi connectivity index (χ2v) is 14.0. The van der Waals surface area contributed by atoms with Crippen molar-refractivity contribution < 1.29 is 94.5 Å². The SMILES string of the molecule is [Cl-].[Cl][Ce]([Cl])[Cl].[K+]. The first-order valence-electron chi connectivity index (χ1n) is 0.567. The van der Waals surface area contributed by atoms with Crippen LogP contribution in [0.4, 0.5) is 0 Å². The van der Waals surface area contributed by atoms with E-state index in [0.29, 0.717) is 0 Å². The van der Waals surface area contributed by atoms with Crippen LogP contribution in [-0.4, -0.2) is 0 Å². The summed E-state index contributed by atoms with van der Waals surface area (Å²) in [4.78, 5) is 0. The Morgan fingerprint density at radius 2 is 1.00 bits per heavy atom. The number of hydrogen-bond donors (Lipinski definition) is 0. The molecule has 0 aliphatic rings. The minimum atomic E-state index is -2.24. The van der Waals surface area contributed by atoms with Crippen LogP contribution in [0.25, 0.3) is 0 Å².